The van der Waals surface area contributed by atoms with Gasteiger partial charge in [0.05, 0.1) is 17.1 Å². The molecule has 41 heavy (non-hydrogen) atoms. The highest BCUT2D eigenvalue weighted by molar-refractivity contribution is 6.35. The number of rotatable bonds is 4. The van der Waals surface area contributed by atoms with E-state index < -0.39 is 0 Å². The molecule has 0 spiro atoms. The van der Waals surface area contributed by atoms with Gasteiger partial charge in [-0.2, -0.15) is 0 Å². The van der Waals surface area contributed by atoms with Gasteiger partial charge in [-0.1, -0.05) is 63.5 Å². The SMILES string of the molecule is C=Cc1c2[nH]c(c1C)/C=C1\N=C(C(CC)=C1C)C(=C1C=CC=C1)c1[nH]c(c(C)c1CC)/C=c1\[nH]/c(c(C=C)c1C)=C\2. The van der Waals surface area contributed by atoms with Gasteiger partial charge in [0.25, 0.3) is 0 Å². The first kappa shape index (κ1) is 26.6. The summed E-state index contributed by atoms with van der Waals surface area (Å²) in [7, 11) is 0. The Balaban J connectivity index is 1.80. The molecule has 0 atom stereocenters. The number of fused-ring (bicyclic) bond motifs is 7. The van der Waals surface area contributed by atoms with Crippen LogP contribution in [0.3, 0.4) is 0 Å². The molecule has 1 aliphatic carbocycles. The van der Waals surface area contributed by atoms with Crippen LogP contribution < -0.4 is 10.7 Å². The van der Waals surface area contributed by atoms with Gasteiger partial charge in [-0.3, -0.25) is 0 Å². The van der Waals surface area contributed by atoms with Crippen LogP contribution in [-0.2, 0) is 6.42 Å². The molecule has 0 amide bonds. The topological polar surface area (TPSA) is 59.7 Å². The zero-order valence-electron chi connectivity index (χ0n) is 25.0. The third-order valence-corrected chi connectivity index (χ3v) is 8.92. The zero-order chi connectivity index (χ0) is 29.0. The van der Waals surface area contributed by atoms with Gasteiger partial charge in [0.15, 0.2) is 0 Å². The highest BCUT2D eigenvalue weighted by atomic mass is 14.8. The molecule has 0 saturated heterocycles. The zero-order valence-corrected chi connectivity index (χ0v) is 25.0. The second-order valence-corrected chi connectivity index (χ2v) is 11.0. The molecule has 3 aliphatic rings. The Kier molecular flexibility index (Phi) is 6.57. The molecule has 4 nitrogen and oxygen atoms in total. The maximum atomic E-state index is 5.37. The van der Waals surface area contributed by atoms with Crippen LogP contribution in [0, 0.1) is 20.8 Å². The lowest BCUT2D eigenvalue weighted by molar-refractivity contribution is 1.11. The number of hydrogen-bond donors (Lipinski definition) is 3. The van der Waals surface area contributed by atoms with Crippen LogP contribution in [0.25, 0.3) is 36.0 Å². The summed E-state index contributed by atoms with van der Waals surface area (Å²) in [5.74, 6) is 0. The van der Waals surface area contributed by atoms with Crippen molar-refractivity contribution >= 4 is 41.7 Å². The maximum absolute atomic E-state index is 5.37. The molecule has 4 heteroatoms. The van der Waals surface area contributed by atoms with Crippen molar-refractivity contribution in [3.8, 4) is 0 Å². The number of H-pyrrole nitrogens is 3. The van der Waals surface area contributed by atoms with Crippen molar-refractivity contribution in [2.75, 3.05) is 0 Å². The normalized spacial score (nSPS) is 18.7. The summed E-state index contributed by atoms with van der Waals surface area (Å²) in [6.45, 7) is 21.5. The summed E-state index contributed by atoms with van der Waals surface area (Å²) in [5.41, 5.74) is 18.4. The van der Waals surface area contributed by atoms with Crippen molar-refractivity contribution in [2.24, 2.45) is 4.99 Å². The highest BCUT2D eigenvalue weighted by Crippen LogP contribution is 2.39. The molecule has 3 N–H and O–H groups in total. The fourth-order valence-electron chi connectivity index (χ4n) is 6.55. The van der Waals surface area contributed by atoms with Crippen molar-refractivity contribution < 1.29 is 0 Å². The van der Waals surface area contributed by atoms with Crippen molar-refractivity contribution in [3.63, 3.8) is 0 Å². The Labute approximate surface area is 242 Å². The smallest absolute Gasteiger partial charge is 0.0771 e. The lowest BCUT2D eigenvalue weighted by atomic mass is 9.90. The van der Waals surface area contributed by atoms with E-state index in [1.54, 1.807) is 0 Å². The van der Waals surface area contributed by atoms with Gasteiger partial charge in [0.1, 0.15) is 0 Å². The summed E-state index contributed by atoms with van der Waals surface area (Å²) < 4.78 is 0. The molecule has 3 aromatic heterocycles. The third kappa shape index (κ3) is 4.09. The van der Waals surface area contributed by atoms with Crippen LogP contribution in [0.15, 0.2) is 64.9 Å². The number of nitrogens with one attached hydrogen (secondary N) is 3. The van der Waals surface area contributed by atoms with Gasteiger partial charge in [0.2, 0.25) is 0 Å². The molecule has 0 radical (unpaired) electrons. The number of aromatic nitrogens is 3. The molecule has 0 saturated carbocycles. The average molecular weight is 539 g/mol. The van der Waals surface area contributed by atoms with Crippen LogP contribution in [0.1, 0.15) is 83.3 Å². The number of hydrogen-bond acceptors (Lipinski definition) is 1. The number of aromatic amines is 3. The highest BCUT2D eigenvalue weighted by Gasteiger charge is 2.29. The molecule has 5 heterocycles. The summed E-state index contributed by atoms with van der Waals surface area (Å²) in [4.78, 5) is 16.6. The Bertz CT molecular complexity index is 1950. The molecule has 0 unspecified atom stereocenters. The standard InChI is InChI=1S/C37H38N4/c1-9-25-20(5)29-17-31-22(7)27(11-3)36(40-31)35(24-15-13-14-16-24)37-28(12-4)23(8)32(41-37)18-30-21(6)26(10-2)34(39-30)19-33(25)38-29/h9-10,13-19,38-40H,1-2,11-12H2,3-8H3/b29-17-,32-18-,33-19-. The Morgan fingerprint density at radius 3 is 2.07 bits per heavy atom. The van der Waals surface area contributed by atoms with E-state index in [1.807, 2.05) is 12.2 Å². The first-order chi connectivity index (χ1) is 19.8. The fraction of sp³-hybridized carbons (Fsp3) is 0.216. The van der Waals surface area contributed by atoms with E-state index in [-0.39, 0.29) is 0 Å². The first-order valence-corrected chi connectivity index (χ1v) is 14.5. The summed E-state index contributed by atoms with van der Waals surface area (Å²) in [5, 5.41) is 2.09. The monoisotopic (exact) mass is 538 g/mol. The van der Waals surface area contributed by atoms with E-state index in [4.69, 9.17) is 4.99 Å². The van der Waals surface area contributed by atoms with Gasteiger partial charge >= 0.3 is 0 Å². The average Bonchev–Trinajstić information content (AvgIpc) is 3.76. The fourth-order valence-corrected chi connectivity index (χ4v) is 6.55. The van der Waals surface area contributed by atoms with E-state index in [9.17, 15) is 0 Å². The van der Waals surface area contributed by atoms with Gasteiger partial charge in [-0.15, -0.1) is 0 Å². The second-order valence-electron chi connectivity index (χ2n) is 11.0. The molecule has 3 aromatic rings. The van der Waals surface area contributed by atoms with E-state index in [0.29, 0.717) is 0 Å². The Morgan fingerprint density at radius 1 is 0.732 bits per heavy atom. The molecular formula is C37H38N4. The van der Waals surface area contributed by atoms with Crippen molar-refractivity contribution in [1.29, 1.82) is 0 Å². The molecule has 206 valence electrons. The summed E-state index contributed by atoms with van der Waals surface area (Å²) in [6, 6.07) is 0. The summed E-state index contributed by atoms with van der Waals surface area (Å²) in [6.07, 6.45) is 20.9. The minimum Gasteiger partial charge on any atom is -0.355 e. The second kappa shape index (κ2) is 10.1. The number of allylic oxidation sites excluding steroid dienone is 8. The quantitative estimate of drug-likeness (QED) is 0.308. The Hall–Kier alpha value is -4.57. The number of nitrogens with zero attached hydrogens (tertiary/aromatic N) is 1. The molecule has 8 bridgehead atoms. The lowest BCUT2D eigenvalue weighted by Crippen LogP contribution is -2.12. The molecule has 0 aromatic carbocycles. The lowest BCUT2D eigenvalue weighted by Gasteiger charge is -2.14. The van der Waals surface area contributed by atoms with Crippen molar-refractivity contribution in [2.45, 2.75) is 54.4 Å². The molecule has 2 aliphatic heterocycles. The minimum absolute atomic E-state index is 0.904. The maximum Gasteiger partial charge on any atom is 0.0771 e. The largest absolute Gasteiger partial charge is 0.355 e. The molecule has 6 rings (SSSR count). The van der Waals surface area contributed by atoms with Gasteiger partial charge in [-0.05, 0) is 97.7 Å². The summed E-state index contributed by atoms with van der Waals surface area (Å²) >= 11 is 0. The van der Waals surface area contributed by atoms with Gasteiger partial charge in [-0.25, -0.2) is 4.99 Å². The minimum atomic E-state index is 0.904. The van der Waals surface area contributed by atoms with E-state index in [0.717, 1.165) is 74.4 Å². The van der Waals surface area contributed by atoms with Crippen LogP contribution in [-0.4, -0.2) is 20.7 Å². The van der Waals surface area contributed by atoms with E-state index in [1.165, 1.54) is 39.0 Å². The Morgan fingerprint density at radius 2 is 1.41 bits per heavy atom. The van der Waals surface area contributed by atoms with E-state index in [2.05, 4.69) is 112 Å². The van der Waals surface area contributed by atoms with Crippen LogP contribution in [0.5, 0.6) is 0 Å². The molecular weight excluding hydrogens is 500 g/mol. The predicted molar refractivity (Wildman–Crippen MR) is 176 cm³/mol. The van der Waals surface area contributed by atoms with Crippen LogP contribution in [0.2, 0.25) is 0 Å². The van der Waals surface area contributed by atoms with Gasteiger partial charge < -0.3 is 15.0 Å². The first-order valence-electron chi connectivity index (χ1n) is 14.5. The number of aliphatic imine (C=N–C) groups is 1. The van der Waals surface area contributed by atoms with Crippen molar-refractivity contribution in [1.82, 2.24) is 15.0 Å². The molecule has 0 fully saturated rings. The van der Waals surface area contributed by atoms with Crippen LogP contribution >= 0.6 is 0 Å². The van der Waals surface area contributed by atoms with Crippen molar-refractivity contribution in [3.05, 3.63) is 127 Å². The van der Waals surface area contributed by atoms with Gasteiger partial charge in [0, 0.05) is 44.5 Å². The van der Waals surface area contributed by atoms with E-state index >= 15 is 0 Å². The third-order valence-electron chi connectivity index (χ3n) is 8.92. The predicted octanol–water partition coefficient (Wildman–Crippen LogP) is 7.52. The van der Waals surface area contributed by atoms with Crippen LogP contribution in [0.4, 0.5) is 0 Å².